The molecule has 0 saturated carbocycles. The molecule has 1 aromatic carbocycles. The Hall–Kier alpha value is -1.32. The van der Waals surface area contributed by atoms with E-state index in [-0.39, 0.29) is 6.10 Å². The predicted molar refractivity (Wildman–Crippen MR) is 59.8 cm³/mol. The Balaban J connectivity index is 1.80. The van der Waals surface area contributed by atoms with Gasteiger partial charge in [0, 0.05) is 12.2 Å². The fourth-order valence-electron chi connectivity index (χ4n) is 1.55. The molecule has 80 valence electrons. The van der Waals surface area contributed by atoms with Gasteiger partial charge in [0.2, 0.25) is 0 Å². The molecule has 3 heteroatoms. The highest BCUT2D eigenvalue weighted by Gasteiger charge is 2.19. The van der Waals surface area contributed by atoms with Crippen molar-refractivity contribution in [1.82, 2.24) is 0 Å². The number of hydrogen-bond acceptors (Lipinski definition) is 3. The minimum Gasteiger partial charge on any atom is -0.388 e. The summed E-state index contributed by atoms with van der Waals surface area (Å²) in [6, 6.07) is 9.82. The number of para-hydroxylation sites is 1. The van der Waals surface area contributed by atoms with Gasteiger partial charge in [0.1, 0.15) is 12.2 Å². The molecule has 0 aromatic heterocycles. The first-order chi connectivity index (χ1) is 7.36. The van der Waals surface area contributed by atoms with Crippen LogP contribution in [0.25, 0.3) is 0 Å². The number of anilines is 1. The molecular formula is C12H15NO2. The number of aliphatic hydroxyl groups excluding tert-OH is 1. The van der Waals surface area contributed by atoms with Gasteiger partial charge in [-0.2, -0.15) is 0 Å². The average Bonchev–Trinajstić information content (AvgIpc) is 2.81. The highest BCUT2D eigenvalue weighted by Crippen LogP contribution is 2.10. The van der Waals surface area contributed by atoms with Crippen molar-refractivity contribution in [2.75, 3.05) is 18.5 Å². The topological polar surface area (TPSA) is 41.5 Å². The number of benzene rings is 1. The van der Waals surface area contributed by atoms with Crippen molar-refractivity contribution in [3.63, 3.8) is 0 Å². The highest BCUT2D eigenvalue weighted by atomic mass is 16.5. The Morgan fingerprint density at radius 3 is 2.87 bits per heavy atom. The molecule has 2 atom stereocenters. The molecule has 1 aliphatic heterocycles. The van der Waals surface area contributed by atoms with E-state index in [4.69, 9.17) is 4.74 Å². The lowest BCUT2D eigenvalue weighted by Crippen LogP contribution is -2.31. The summed E-state index contributed by atoms with van der Waals surface area (Å²) >= 11 is 0. The first-order valence-corrected chi connectivity index (χ1v) is 5.11. The summed E-state index contributed by atoms with van der Waals surface area (Å²) in [4.78, 5) is 0. The van der Waals surface area contributed by atoms with Crippen molar-refractivity contribution in [3.05, 3.63) is 42.5 Å². The van der Waals surface area contributed by atoms with E-state index in [9.17, 15) is 5.11 Å². The third-order valence-electron chi connectivity index (χ3n) is 2.38. The van der Waals surface area contributed by atoms with Crippen LogP contribution in [-0.4, -0.2) is 30.5 Å². The van der Waals surface area contributed by atoms with E-state index in [1.54, 1.807) is 0 Å². The molecule has 0 spiro atoms. The lowest BCUT2D eigenvalue weighted by atomic mass is 10.2. The Bertz CT molecular complexity index is 324. The monoisotopic (exact) mass is 205 g/mol. The molecule has 1 aromatic rings. The molecule has 1 aliphatic rings. The third kappa shape index (κ3) is 2.81. The fraction of sp³-hybridized carbons (Fsp3) is 0.333. The molecule has 0 unspecified atom stereocenters. The van der Waals surface area contributed by atoms with Gasteiger partial charge in [0.15, 0.2) is 0 Å². The summed E-state index contributed by atoms with van der Waals surface area (Å²) in [6.45, 7) is 1.10. The summed E-state index contributed by atoms with van der Waals surface area (Å²) < 4.78 is 5.30. The lowest BCUT2D eigenvalue weighted by molar-refractivity contribution is 0.0206. The van der Waals surface area contributed by atoms with E-state index < -0.39 is 6.10 Å². The molecule has 1 heterocycles. The molecule has 0 bridgehead atoms. The molecular weight excluding hydrogens is 190 g/mol. The highest BCUT2D eigenvalue weighted by molar-refractivity contribution is 5.42. The molecule has 0 amide bonds. The van der Waals surface area contributed by atoms with Crippen LogP contribution < -0.4 is 5.32 Å². The number of ether oxygens (including phenoxy) is 1. The summed E-state index contributed by atoms with van der Waals surface area (Å²) in [5.74, 6) is 0. The van der Waals surface area contributed by atoms with Crippen LogP contribution in [0.5, 0.6) is 0 Å². The Labute approximate surface area is 89.4 Å². The maximum absolute atomic E-state index is 9.77. The van der Waals surface area contributed by atoms with Crippen molar-refractivity contribution >= 4 is 5.69 Å². The Morgan fingerprint density at radius 1 is 1.40 bits per heavy atom. The first kappa shape index (κ1) is 10.2. The first-order valence-electron chi connectivity index (χ1n) is 5.11. The van der Waals surface area contributed by atoms with E-state index >= 15 is 0 Å². The number of aliphatic hydroxyl groups is 1. The van der Waals surface area contributed by atoms with Gasteiger partial charge in [-0.05, 0) is 12.1 Å². The van der Waals surface area contributed by atoms with E-state index in [1.807, 2.05) is 42.5 Å². The fourth-order valence-corrected chi connectivity index (χ4v) is 1.55. The van der Waals surface area contributed by atoms with Gasteiger partial charge in [-0.25, -0.2) is 0 Å². The number of nitrogens with one attached hydrogen (secondary N) is 1. The zero-order chi connectivity index (χ0) is 10.5. The lowest BCUT2D eigenvalue weighted by Gasteiger charge is -2.17. The Morgan fingerprint density at radius 2 is 2.20 bits per heavy atom. The standard InChI is InChI=1S/C12H15NO2/c14-11(12-7-4-8-15-12)9-13-10-5-2-1-3-6-10/h1-7,11-14H,8-9H2/t11-,12+/m1/s1. The second-order valence-corrected chi connectivity index (χ2v) is 3.54. The van der Waals surface area contributed by atoms with Crippen molar-refractivity contribution in [2.45, 2.75) is 12.2 Å². The van der Waals surface area contributed by atoms with Crippen LogP contribution in [0.1, 0.15) is 0 Å². The second-order valence-electron chi connectivity index (χ2n) is 3.54. The third-order valence-corrected chi connectivity index (χ3v) is 2.38. The second kappa shape index (κ2) is 4.96. The molecule has 0 fully saturated rings. The molecule has 15 heavy (non-hydrogen) atoms. The van der Waals surface area contributed by atoms with Crippen molar-refractivity contribution in [2.24, 2.45) is 0 Å². The average molecular weight is 205 g/mol. The van der Waals surface area contributed by atoms with Gasteiger partial charge in [0.25, 0.3) is 0 Å². The van der Waals surface area contributed by atoms with Gasteiger partial charge in [-0.15, -0.1) is 0 Å². The predicted octanol–water partition coefficient (Wildman–Crippen LogP) is 1.41. The van der Waals surface area contributed by atoms with Gasteiger partial charge >= 0.3 is 0 Å². The quantitative estimate of drug-likeness (QED) is 0.730. The number of rotatable bonds is 4. The summed E-state index contributed by atoms with van der Waals surface area (Å²) in [5.41, 5.74) is 1.01. The van der Waals surface area contributed by atoms with Gasteiger partial charge in [0.05, 0.1) is 6.61 Å². The minimum absolute atomic E-state index is 0.166. The SMILES string of the molecule is O[C@H](CNc1ccccc1)[C@@H]1C=CCO1. The maximum Gasteiger partial charge on any atom is 0.104 e. The van der Waals surface area contributed by atoms with Crippen molar-refractivity contribution < 1.29 is 9.84 Å². The van der Waals surface area contributed by atoms with Crippen molar-refractivity contribution in [1.29, 1.82) is 0 Å². The summed E-state index contributed by atoms with van der Waals surface area (Å²) in [5, 5.41) is 12.9. The van der Waals surface area contributed by atoms with Crippen LogP contribution in [0.4, 0.5) is 5.69 Å². The van der Waals surface area contributed by atoms with Crippen LogP contribution in [0, 0.1) is 0 Å². The van der Waals surface area contributed by atoms with E-state index in [0.717, 1.165) is 5.69 Å². The molecule has 0 radical (unpaired) electrons. The van der Waals surface area contributed by atoms with Crippen LogP contribution in [0.15, 0.2) is 42.5 Å². The number of hydrogen-bond donors (Lipinski definition) is 2. The smallest absolute Gasteiger partial charge is 0.104 e. The van der Waals surface area contributed by atoms with Crippen LogP contribution >= 0.6 is 0 Å². The van der Waals surface area contributed by atoms with Crippen LogP contribution in [0.3, 0.4) is 0 Å². The van der Waals surface area contributed by atoms with E-state index in [0.29, 0.717) is 13.2 Å². The molecule has 3 nitrogen and oxygen atoms in total. The van der Waals surface area contributed by atoms with Crippen LogP contribution in [0.2, 0.25) is 0 Å². The van der Waals surface area contributed by atoms with E-state index in [1.165, 1.54) is 0 Å². The largest absolute Gasteiger partial charge is 0.388 e. The molecule has 0 saturated heterocycles. The molecule has 2 rings (SSSR count). The van der Waals surface area contributed by atoms with Gasteiger partial charge < -0.3 is 15.2 Å². The summed E-state index contributed by atoms with van der Waals surface area (Å²) in [7, 11) is 0. The summed E-state index contributed by atoms with van der Waals surface area (Å²) in [6.07, 6.45) is 3.17. The van der Waals surface area contributed by atoms with Crippen molar-refractivity contribution in [3.8, 4) is 0 Å². The minimum atomic E-state index is -0.496. The zero-order valence-corrected chi connectivity index (χ0v) is 8.47. The maximum atomic E-state index is 9.77. The van der Waals surface area contributed by atoms with E-state index in [2.05, 4.69) is 5.32 Å². The zero-order valence-electron chi connectivity index (χ0n) is 8.47. The van der Waals surface area contributed by atoms with Crippen LogP contribution in [-0.2, 0) is 4.74 Å². The van der Waals surface area contributed by atoms with Gasteiger partial charge in [-0.3, -0.25) is 0 Å². The Kier molecular flexibility index (Phi) is 3.37. The normalized spacial score (nSPS) is 21.5. The molecule has 2 N–H and O–H groups in total. The van der Waals surface area contributed by atoms with Gasteiger partial charge in [-0.1, -0.05) is 30.4 Å². The molecule has 0 aliphatic carbocycles.